The van der Waals surface area contributed by atoms with E-state index in [-0.39, 0.29) is 5.56 Å². The van der Waals surface area contributed by atoms with Crippen LogP contribution in [0.25, 0.3) is 0 Å². The summed E-state index contributed by atoms with van der Waals surface area (Å²) >= 11 is 7.93. The van der Waals surface area contributed by atoms with Crippen LogP contribution in [-0.4, -0.2) is 16.1 Å². The molecule has 1 aromatic carbocycles. The number of hydrogen-bond acceptors (Lipinski definition) is 3. The van der Waals surface area contributed by atoms with Crippen LogP contribution >= 0.6 is 34.2 Å². The Morgan fingerprint density at radius 2 is 2.26 bits per heavy atom. The molecule has 0 amide bonds. The van der Waals surface area contributed by atoms with Crippen molar-refractivity contribution in [2.24, 2.45) is 0 Å². The molecule has 2 aromatic rings. The molecule has 1 heterocycles. The summed E-state index contributed by atoms with van der Waals surface area (Å²) in [6.45, 7) is 3.04. The van der Waals surface area contributed by atoms with Crippen molar-refractivity contribution in [3.63, 3.8) is 0 Å². The topological polar surface area (TPSA) is 46.9 Å². The minimum atomic E-state index is 0.000920. The molecule has 6 heteroatoms. The van der Waals surface area contributed by atoms with Gasteiger partial charge in [-0.15, -0.1) is 0 Å². The predicted octanol–water partition coefficient (Wildman–Crippen LogP) is 2.92. The Hall–Kier alpha value is -1.08. The van der Waals surface area contributed by atoms with Crippen molar-refractivity contribution in [2.45, 2.75) is 13.5 Å². The van der Waals surface area contributed by atoms with E-state index in [1.165, 1.54) is 0 Å². The normalized spacial score (nSPS) is 10.5. The maximum absolute atomic E-state index is 12.0. The molecule has 0 aliphatic carbocycles. The molecule has 0 fully saturated rings. The molecule has 0 aliphatic rings. The largest absolute Gasteiger partial charge is 0.383 e. The van der Waals surface area contributed by atoms with Gasteiger partial charge >= 0.3 is 0 Å². The molecule has 0 spiro atoms. The summed E-state index contributed by atoms with van der Waals surface area (Å²) in [6.07, 6.45) is 1.58. The lowest BCUT2D eigenvalue weighted by molar-refractivity contribution is 0.672. The van der Waals surface area contributed by atoms with Gasteiger partial charge in [-0.05, 0) is 47.7 Å². The summed E-state index contributed by atoms with van der Waals surface area (Å²) in [7, 11) is 0. The molecule has 19 heavy (non-hydrogen) atoms. The maximum atomic E-state index is 12.0. The lowest BCUT2D eigenvalue weighted by atomic mass is 10.3. The summed E-state index contributed by atoms with van der Waals surface area (Å²) in [5, 5.41) is 3.91. The lowest BCUT2D eigenvalue weighted by Gasteiger charge is -2.09. The van der Waals surface area contributed by atoms with Gasteiger partial charge in [-0.3, -0.25) is 9.36 Å². The van der Waals surface area contributed by atoms with Crippen LogP contribution in [0.15, 0.2) is 35.4 Å². The average Bonchev–Trinajstić information content (AvgIpc) is 2.39. The first-order valence-electron chi connectivity index (χ1n) is 5.79. The van der Waals surface area contributed by atoms with Crippen LogP contribution in [0.5, 0.6) is 0 Å². The van der Waals surface area contributed by atoms with Gasteiger partial charge in [0, 0.05) is 23.8 Å². The lowest BCUT2D eigenvalue weighted by Crippen LogP contribution is -2.26. The fraction of sp³-hybridized carbons (Fsp3) is 0.231. The minimum Gasteiger partial charge on any atom is -0.383 e. The third kappa shape index (κ3) is 3.70. The standard InChI is InChI=1S/C13H13ClIN3O/c1-9-12(15)13(19)18(8-17-9)6-5-16-11-4-2-3-10(14)7-11/h2-4,7-8,16H,5-6H2,1H3. The molecule has 0 atom stereocenters. The van der Waals surface area contributed by atoms with Crippen molar-refractivity contribution in [3.05, 3.63) is 55.2 Å². The van der Waals surface area contributed by atoms with Crippen LogP contribution in [0.2, 0.25) is 5.02 Å². The molecular formula is C13H13ClIN3O. The quantitative estimate of drug-likeness (QED) is 0.818. The Morgan fingerprint density at radius 1 is 1.47 bits per heavy atom. The Morgan fingerprint density at radius 3 is 3.00 bits per heavy atom. The zero-order valence-corrected chi connectivity index (χ0v) is 13.3. The number of nitrogens with one attached hydrogen (secondary N) is 1. The molecule has 0 radical (unpaired) electrons. The van der Waals surface area contributed by atoms with Crippen LogP contribution in [0.3, 0.4) is 0 Å². The predicted molar refractivity (Wildman–Crippen MR) is 85.9 cm³/mol. The van der Waals surface area contributed by atoms with E-state index in [1.807, 2.05) is 53.8 Å². The van der Waals surface area contributed by atoms with Crippen LogP contribution < -0.4 is 10.9 Å². The summed E-state index contributed by atoms with van der Waals surface area (Å²) in [5.41, 5.74) is 1.71. The Bertz CT molecular complexity index is 642. The average molecular weight is 390 g/mol. The van der Waals surface area contributed by atoms with Crippen molar-refractivity contribution in [1.29, 1.82) is 0 Å². The van der Waals surface area contributed by atoms with Crippen molar-refractivity contribution in [3.8, 4) is 0 Å². The molecular weight excluding hydrogens is 377 g/mol. The molecule has 1 N–H and O–H groups in total. The van der Waals surface area contributed by atoms with Crippen molar-refractivity contribution in [2.75, 3.05) is 11.9 Å². The molecule has 0 aliphatic heterocycles. The molecule has 0 bridgehead atoms. The van der Waals surface area contributed by atoms with Gasteiger partial charge in [-0.25, -0.2) is 4.98 Å². The van der Waals surface area contributed by atoms with Gasteiger partial charge < -0.3 is 5.32 Å². The van der Waals surface area contributed by atoms with E-state index >= 15 is 0 Å². The molecule has 4 nitrogen and oxygen atoms in total. The second-order valence-electron chi connectivity index (χ2n) is 4.08. The highest BCUT2D eigenvalue weighted by molar-refractivity contribution is 14.1. The highest BCUT2D eigenvalue weighted by atomic mass is 127. The molecule has 100 valence electrons. The van der Waals surface area contributed by atoms with E-state index in [2.05, 4.69) is 10.3 Å². The minimum absolute atomic E-state index is 0.000920. The fourth-order valence-electron chi connectivity index (χ4n) is 1.62. The Kier molecular flexibility index (Phi) is 4.81. The first kappa shape index (κ1) is 14.3. The Labute approximate surface area is 130 Å². The first-order valence-corrected chi connectivity index (χ1v) is 7.24. The summed E-state index contributed by atoms with van der Waals surface area (Å²) in [4.78, 5) is 16.1. The third-order valence-electron chi connectivity index (χ3n) is 2.66. The van der Waals surface area contributed by atoms with E-state index < -0.39 is 0 Å². The summed E-state index contributed by atoms with van der Waals surface area (Å²) in [6, 6.07) is 7.49. The molecule has 2 rings (SSSR count). The first-order chi connectivity index (χ1) is 9.08. The van der Waals surface area contributed by atoms with Crippen molar-refractivity contribution < 1.29 is 0 Å². The van der Waals surface area contributed by atoms with Gasteiger partial charge in [0.2, 0.25) is 0 Å². The van der Waals surface area contributed by atoms with Crippen LogP contribution in [-0.2, 0) is 6.54 Å². The highest BCUT2D eigenvalue weighted by Gasteiger charge is 2.04. The number of rotatable bonds is 4. The van der Waals surface area contributed by atoms with Gasteiger partial charge in [-0.2, -0.15) is 0 Å². The molecule has 0 unspecified atom stereocenters. The number of halogens is 2. The van der Waals surface area contributed by atoms with Gasteiger partial charge in [0.25, 0.3) is 5.56 Å². The molecule has 1 aromatic heterocycles. The number of anilines is 1. The number of aromatic nitrogens is 2. The zero-order chi connectivity index (χ0) is 13.8. The number of nitrogens with zero attached hydrogens (tertiary/aromatic N) is 2. The molecule has 0 saturated heterocycles. The van der Waals surface area contributed by atoms with E-state index in [4.69, 9.17) is 11.6 Å². The van der Waals surface area contributed by atoms with E-state index in [9.17, 15) is 4.79 Å². The number of benzene rings is 1. The van der Waals surface area contributed by atoms with Crippen molar-refractivity contribution in [1.82, 2.24) is 9.55 Å². The SMILES string of the molecule is Cc1ncn(CCNc2cccc(Cl)c2)c(=O)c1I. The summed E-state index contributed by atoms with van der Waals surface area (Å²) in [5.74, 6) is 0. The van der Waals surface area contributed by atoms with E-state index in [0.717, 1.165) is 11.4 Å². The van der Waals surface area contributed by atoms with Crippen LogP contribution in [0.1, 0.15) is 5.69 Å². The monoisotopic (exact) mass is 389 g/mol. The smallest absolute Gasteiger partial charge is 0.267 e. The van der Waals surface area contributed by atoms with Gasteiger partial charge in [0.15, 0.2) is 0 Å². The second-order valence-corrected chi connectivity index (χ2v) is 5.59. The zero-order valence-electron chi connectivity index (χ0n) is 10.4. The second kappa shape index (κ2) is 6.38. The van der Waals surface area contributed by atoms with Crippen LogP contribution in [0, 0.1) is 10.5 Å². The van der Waals surface area contributed by atoms with Gasteiger partial charge in [-0.1, -0.05) is 17.7 Å². The van der Waals surface area contributed by atoms with E-state index in [0.29, 0.717) is 21.7 Å². The van der Waals surface area contributed by atoms with Gasteiger partial charge in [0.1, 0.15) is 0 Å². The molecule has 0 saturated carbocycles. The third-order valence-corrected chi connectivity index (χ3v) is 4.14. The Balaban J connectivity index is 2.00. The van der Waals surface area contributed by atoms with E-state index in [1.54, 1.807) is 10.9 Å². The maximum Gasteiger partial charge on any atom is 0.267 e. The van der Waals surface area contributed by atoms with Crippen molar-refractivity contribution >= 4 is 39.9 Å². The highest BCUT2D eigenvalue weighted by Crippen LogP contribution is 2.14. The number of aryl methyl sites for hydroxylation is 1. The summed E-state index contributed by atoms with van der Waals surface area (Å²) < 4.78 is 2.27. The van der Waals surface area contributed by atoms with Crippen LogP contribution in [0.4, 0.5) is 5.69 Å². The van der Waals surface area contributed by atoms with Gasteiger partial charge in [0.05, 0.1) is 15.6 Å². The number of hydrogen-bond donors (Lipinski definition) is 1. The fourth-order valence-corrected chi connectivity index (χ4v) is 2.26.